The Labute approximate surface area is 117 Å². The van der Waals surface area contributed by atoms with Crippen LogP contribution in [0.25, 0.3) is 0 Å². The molecule has 1 aliphatic carbocycles. The van der Waals surface area contributed by atoms with Crippen molar-refractivity contribution in [1.82, 2.24) is 10.2 Å². The van der Waals surface area contributed by atoms with Gasteiger partial charge in [0.25, 0.3) is 5.91 Å². The molecule has 1 N–H and O–H groups in total. The van der Waals surface area contributed by atoms with Crippen LogP contribution in [0.4, 0.5) is 9.18 Å². The summed E-state index contributed by atoms with van der Waals surface area (Å²) in [5.74, 6) is -0.522. The summed E-state index contributed by atoms with van der Waals surface area (Å²) < 4.78 is 13.4. The zero-order valence-corrected chi connectivity index (χ0v) is 11.4. The molecule has 3 amide bonds. The van der Waals surface area contributed by atoms with E-state index in [1.807, 2.05) is 6.92 Å². The fourth-order valence-corrected chi connectivity index (χ4v) is 3.26. The van der Waals surface area contributed by atoms with Crippen molar-refractivity contribution in [2.45, 2.75) is 44.7 Å². The molecule has 4 nitrogen and oxygen atoms in total. The van der Waals surface area contributed by atoms with E-state index in [0.29, 0.717) is 12.8 Å². The number of nitrogens with zero attached hydrogens (tertiary/aromatic N) is 1. The summed E-state index contributed by atoms with van der Waals surface area (Å²) in [4.78, 5) is 25.7. The average molecular weight is 276 g/mol. The maximum atomic E-state index is 13.4. The second kappa shape index (κ2) is 4.58. The quantitative estimate of drug-likeness (QED) is 0.844. The molecule has 5 heteroatoms. The number of carbonyl (C=O) groups is 2. The third kappa shape index (κ3) is 1.88. The molecule has 2 fully saturated rings. The van der Waals surface area contributed by atoms with E-state index in [1.165, 1.54) is 12.1 Å². The first-order chi connectivity index (χ1) is 9.53. The largest absolute Gasteiger partial charge is 0.325 e. The number of aryl methyl sites for hydroxylation is 1. The predicted molar refractivity (Wildman–Crippen MR) is 71.4 cm³/mol. The fourth-order valence-electron chi connectivity index (χ4n) is 3.26. The highest BCUT2D eigenvalue weighted by molar-refractivity contribution is 6.07. The Morgan fingerprint density at radius 1 is 1.30 bits per heavy atom. The summed E-state index contributed by atoms with van der Waals surface area (Å²) in [5.41, 5.74) is 0.961. The van der Waals surface area contributed by atoms with Crippen LogP contribution in [0, 0.1) is 12.7 Å². The highest BCUT2D eigenvalue weighted by atomic mass is 19.1. The molecule has 1 saturated carbocycles. The number of hydrogen-bond donors (Lipinski definition) is 1. The van der Waals surface area contributed by atoms with Crippen molar-refractivity contribution < 1.29 is 14.0 Å². The lowest BCUT2D eigenvalue weighted by Crippen LogP contribution is -2.46. The van der Waals surface area contributed by atoms with Gasteiger partial charge in [-0.25, -0.2) is 9.18 Å². The SMILES string of the molecule is Cc1ccc(F)cc1CN1C(=O)NC(=O)C12CCCC2. The van der Waals surface area contributed by atoms with Crippen LogP contribution in [0.2, 0.25) is 0 Å². The van der Waals surface area contributed by atoms with E-state index >= 15 is 0 Å². The van der Waals surface area contributed by atoms with E-state index in [-0.39, 0.29) is 24.3 Å². The summed E-state index contributed by atoms with van der Waals surface area (Å²) in [6.07, 6.45) is 3.27. The van der Waals surface area contributed by atoms with Gasteiger partial charge >= 0.3 is 6.03 Å². The van der Waals surface area contributed by atoms with Gasteiger partial charge in [0.15, 0.2) is 0 Å². The van der Waals surface area contributed by atoms with Crippen LogP contribution in [0.3, 0.4) is 0 Å². The van der Waals surface area contributed by atoms with Crippen molar-refractivity contribution in [3.63, 3.8) is 0 Å². The minimum Gasteiger partial charge on any atom is -0.305 e. The van der Waals surface area contributed by atoms with E-state index in [2.05, 4.69) is 5.32 Å². The Morgan fingerprint density at radius 2 is 2.00 bits per heavy atom. The Balaban J connectivity index is 1.94. The normalized spacial score (nSPS) is 20.8. The lowest BCUT2D eigenvalue weighted by molar-refractivity contribution is -0.126. The van der Waals surface area contributed by atoms with Gasteiger partial charge in [-0.1, -0.05) is 18.9 Å². The van der Waals surface area contributed by atoms with Gasteiger partial charge in [0.2, 0.25) is 0 Å². The molecular weight excluding hydrogens is 259 g/mol. The molecule has 0 atom stereocenters. The summed E-state index contributed by atoms with van der Waals surface area (Å²) in [7, 11) is 0. The third-order valence-electron chi connectivity index (χ3n) is 4.48. The van der Waals surface area contributed by atoms with Crippen LogP contribution in [0.5, 0.6) is 0 Å². The molecule has 20 heavy (non-hydrogen) atoms. The van der Waals surface area contributed by atoms with Crippen LogP contribution in [0.1, 0.15) is 36.8 Å². The van der Waals surface area contributed by atoms with Crippen molar-refractivity contribution >= 4 is 11.9 Å². The second-order valence-corrected chi connectivity index (χ2v) is 5.65. The molecule has 2 aliphatic rings. The van der Waals surface area contributed by atoms with Gasteiger partial charge in [0.1, 0.15) is 11.4 Å². The number of urea groups is 1. The molecule has 0 radical (unpaired) electrons. The van der Waals surface area contributed by atoms with Crippen LogP contribution in [-0.2, 0) is 11.3 Å². The van der Waals surface area contributed by atoms with Gasteiger partial charge in [-0.2, -0.15) is 0 Å². The Morgan fingerprint density at radius 3 is 2.70 bits per heavy atom. The number of hydrogen-bond acceptors (Lipinski definition) is 2. The van der Waals surface area contributed by atoms with Gasteiger partial charge in [-0.15, -0.1) is 0 Å². The van der Waals surface area contributed by atoms with Crippen LogP contribution in [0.15, 0.2) is 18.2 Å². The number of amides is 3. The Hall–Kier alpha value is -1.91. The van der Waals surface area contributed by atoms with E-state index in [9.17, 15) is 14.0 Å². The van der Waals surface area contributed by atoms with Gasteiger partial charge in [0, 0.05) is 6.54 Å². The Kier molecular flexibility index (Phi) is 3.00. The minimum atomic E-state index is -0.712. The van der Waals surface area contributed by atoms with Gasteiger partial charge in [-0.3, -0.25) is 10.1 Å². The molecule has 0 aromatic heterocycles. The molecule has 1 spiro atoms. The standard InChI is InChI=1S/C15H17FN2O2/c1-10-4-5-12(16)8-11(10)9-18-14(20)17-13(19)15(18)6-2-3-7-15/h4-5,8H,2-3,6-7,9H2,1H3,(H,17,19,20). The average Bonchev–Trinajstić information content (AvgIpc) is 2.97. The number of benzene rings is 1. The first-order valence-electron chi connectivity index (χ1n) is 6.91. The number of nitrogens with one attached hydrogen (secondary N) is 1. The molecule has 0 bridgehead atoms. The number of rotatable bonds is 2. The first kappa shape index (κ1) is 13.1. The van der Waals surface area contributed by atoms with Crippen molar-refractivity contribution in [3.05, 3.63) is 35.1 Å². The lowest BCUT2D eigenvalue weighted by Gasteiger charge is -2.31. The highest BCUT2D eigenvalue weighted by Crippen LogP contribution is 2.39. The summed E-state index contributed by atoms with van der Waals surface area (Å²) >= 11 is 0. The molecule has 0 unspecified atom stereocenters. The van der Waals surface area contributed by atoms with E-state index in [1.54, 1.807) is 11.0 Å². The molecule has 1 aliphatic heterocycles. The topological polar surface area (TPSA) is 49.4 Å². The van der Waals surface area contributed by atoms with Gasteiger partial charge in [-0.05, 0) is 43.0 Å². The second-order valence-electron chi connectivity index (χ2n) is 5.65. The molecule has 1 aromatic rings. The van der Waals surface area contributed by atoms with Crippen molar-refractivity contribution in [3.8, 4) is 0 Å². The molecule has 3 rings (SSSR count). The molecule has 1 heterocycles. The van der Waals surface area contributed by atoms with Crippen LogP contribution < -0.4 is 5.32 Å². The van der Waals surface area contributed by atoms with Crippen molar-refractivity contribution in [2.75, 3.05) is 0 Å². The smallest absolute Gasteiger partial charge is 0.305 e. The molecule has 1 saturated heterocycles. The zero-order valence-electron chi connectivity index (χ0n) is 11.4. The van der Waals surface area contributed by atoms with Crippen LogP contribution >= 0.6 is 0 Å². The van der Waals surface area contributed by atoms with Gasteiger partial charge < -0.3 is 4.90 Å². The monoisotopic (exact) mass is 276 g/mol. The summed E-state index contributed by atoms with van der Waals surface area (Å²) in [6, 6.07) is 4.18. The van der Waals surface area contributed by atoms with Crippen LogP contribution in [-0.4, -0.2) is 22.4 Å². The number of imide groups is 1. The zero-order chi connectivity index (χ0) is 14.3. The maximum absolute atomic E-state index is 13.4. The molecular formula is C15H17FN2O2. The maximum Gasteiger partial charge on any atom is 0.325 e. The first-order valence-corrected chi connectivity index (χ1v) is 6.91. The predicted octanol–water partition coefficient (Wildman–Crippen LogP) is 2.50. The van der Waals surface area contributed by atoms with Gasteiger partial charge in [0.05, 0.1) is 0 Å². The fraction of sp³-hybridized carbons (Fsp3) is 0.467. The highest BCUT2D eigenvalue weighted by Gasteiger charge is 2.53. The summed E-state index contributed by atoms with van der Waals surface area (Å²) in [5, 5.41) is 2.41. The number of halogens is 1. The lowest BCUT2D eigenvalue weighted by atomic mass is 9.95. The van der Waals surface area contributed by atoms with E-state index in [0.717, 1.165) is 24.0 Å². The van der Waals surface area contributed by atoms with Crippen molar-refractivity contribution in [1.29, 1.82) is 0 Å². The number of carbonyl (C=O) groups excluding carboxylic acids is 2. The Bertz CT molecular complexity index is 579. The summed E-state index contributed by atoms with van der Waals surface area (Å²) in [6.45, 7) is 2.16. The molecule has 106 valence electrons. The van der Waals surface area contributed by atoms with Crippen molar-refractivity contribution in [2.24, 2.45) is 0 Å². The minimum absolute atomic E-state index is 0.200. The van der Waals surface area contributed by atoms with E-state index < -0.39 is 5.54 Å². The van der Waals surface area contributed by atoms with E-state index in [4.69, 9.17) is 0 Å². The third-order valence-corrected chi connectivity index (χ3v) is 4.48. The molecule has 1 aromatic carbocycles.